The number of aromatic nitrogens is 3. The Morgan fingerprint density at radius 1 is 1.12 bits per heavy atom. The molecule has 2 aromatic rings. The number of piperidine rings is 1. The minimum atomic E-state index is -3.63. The molecular formula is C22H33N7O3S. The first-order valence-electron chi connectivity index (χ1n) is 11.4. The summed E-state index contributed by atoms with van der Waals surface area (Å²) in [7, 11) is 0.262. The van der Waals surface area contributed by atoms with E-state index < -0.39 is 10.0 Å². The third-order valence-corrected chi connectivity index (χ3v) is 8.39. The highest BCUT2D eigenvalue weighted by Crippen LogP contribution is 2.24. The number of pyridine rings is 1. The van der Waals surface area contributed by atoms with E-state index in [1.165, 1.54) is 10.5 Å². The largest absolute Gasteiger partial charge is 0.354 e. The number of aryl methyl sites for hydroxylation is 2. The predicted octanol–water partition coefficient (Wildman–Crippen LogP) is 0.592. The normalized spacial score (nSPS) is 19.1. The Morgan fingerprint density at radius 3 is 2.45 bits per heavy atom. The SMILES string of the molecule is Cc1nc(S(=O)(=O)N2CCC(C(=O)NCc3ccnc(N4CCN(C)CC4)c3)CC2)cn1C. The Hall–Kier alpha value is -2.50. The van der Waals surface area contributed by atoms with Gasteiger partial charge in [0.05, 0.1) is 0 Å². The van der Waals surface area contributed by atoms with Gasteiger partial charge < -0.3 is 19.7 Å². The summed E-state index contributed by atoms with van der Waals surface area (Å²) >= 11 is 0. The minimum absolute atomic E-state index is 0.0290. The van der Waals surface area contributed by atoms with Crippen molar-refractivity contribution in [3.63, 3.8) is 0 Å². The molecule has 0 atom stereocenters. The first-order valence-corrected chi connectivity index (χ1v) is 12.8. The van der Waals surface area contributed by atoms with Crippen molar-refractivity contribution in [2.45, 2.75) is 31.3 Å². The van der Waals surface area contributed by atoms with Crippen molar-refractivity contribution in [2.24, 2.45) is 13.0 Å². The first kappa shape index (κ1) is 23.7. The number of sulfonamides is 1. The molecule has 4 heterocycles. The summed E-state index contributed by atoms with van der Waals surface area (Å²) in [6, 6.07) is 3.96. The zero-order valence-electron chi connectivity index (χ0n) is 19.6. The minimum Gasteiger partial charge on any atom is -0.354 e. The molecule has 1 amide bonds. The third-order valence-electron chi connectivity index (χ3n) is 6.62. The number of amides is 1. The highest BCUT2D eigenvalue weighted by Gasteiger charge is 2.33. The second-order valence-electron chi connectivity index (χ2n) is 8.95. The Balaban J connectivity index is 1.29. The van der Waals surface area contributed by atoms with Gasteiger partial charge in [-0.05, 0) is 44.5 Å². The molecule has 0 aromatic carbocycles. The number of carbonyl (C=O) groups excluding carboxylic acids is 1. The topological polar surface area (TPSA) is 104 Å². The first-order chi connectivity index (χ1) is 15.7. The molecule has 10 nitrogen and oxygen atoms in total. The average Bonchev–Trinajstić information content (AvgIpc) is 3.17. The molecule has 0 spiro atoms. The molecule has 0 bridgehead atoms. The number of imidazole rings is 1. The quantitative estimate of drug-likeness (QED) is 0.652. The summed E-state index contributed by atoms with van der Waals surface area (Å²) in [5.74, 6) is 1.37. The fraction of sp³-hybridized carbons (Fsp3) is 0.591. The van der Waals surface area contributed by atoms with E-state index in [2.05, 4.69) is 32.1 Å². The van der Waals surface area contributed by atoms with E-state index in [1.54, 1.807) is 24.7 Å². The van der Waals surface area contributed by atoms with Gasteiger partial charge in [0, 0.05) is 71.2 Å². The zero-order chi connectivity index (χ0) is 23.6. The van der Waals surface area contributed by atoms with E-state index in [-0.39, 0.29) is 16.9 Å². The van der Waals surface area contributed by atoms with Crippen molar-refractivity contribution in [1.82, 2.24) is 29.1 Å². The molecule has 2 aliphatic heterocycles. The summed E-state index contributed by atoms with van der Waals surface area (Å²) in [5.41, 5.74) is 1.01. The molecule has 0 radical (unpaired) electrons. The highest BCUT2D eigenvalue weighted by atomic mass is 32.2. The van der Waals surface area contributed by atoms with E-state index in [4.69, 9.17) is 0 Å². The molecule has 2 aromatic heterocycles. The van der Waals surface area contributed by atoms with Crippen molar-refractivity contribution in [3.05, 3.63) is 35.9 Å². The third kappa shape index (κ3) is 5.36. The van der Waals surface area contributed by atoms with Gasteiger partial charge >= 0.3 is 0 Å². The predicted molar refractivity (Wildman–Crippen MR) is 125 cm³/mol. The van der Waals surface area contributed by atoms with Crippen LogP contribution in [0.5, 0.6) is 0 Å². The van der Waals surface area contributed by atoms with E-state index in [0.29, 0.717) is 38.3 Å². The summed E-state index contributed by atoms with van der Waals surface area (Å²) < 4.78 is 28.8. The molecule has 1 N–H and O–H groups in total. The van der Waals surface area contributed by atoms with Crippen LogP contribution in [0.4, 0.5) is 5.82 Å². The second-order valence-corrected chi connectivity index (χ2v) is 10.8. The molecule has 0 aliphatic carbocycles. The average molecular weight is 476 g/mol. The molecule has 2 saturated heterocycles. The fourth-order valence-corrected chi connectivity index (χ4v) is 5.75. The van der Waals surface area contributed by atoms with Crippen LogP contribution in [0.3, 0.4) is 0 Å². The number of nitrogens with zero attached hydrogens (tertiary/aromatic N) is 6. The van der Waals surface area contributed by atoms with Gasteiger partial charge in [-0.3, -0.25) is 4.79 Å². The number of hydrogen-bond donors (Lipinski definition) is 1. The summed E-state index contributed by atoms with van der Waals surface area (Å²) in [4.78, 5) is 26.0. The molecule has 4 rings (SSSR count). The molecule has 2 fully saturated rings. The van der Waals surface area contributed by atoms with Crippen molar-refractivity contribution in [1.29, 1.82) is 0 Å². The maximum absolute atomic E-state index is 12.9. The standard InChI is InChI=1S/C22H33N7O3S/c1-17-25-21(16-27(17)3)33(31,32)29-8-5-19(6-9-29)22(30)24-15-18-4-7-23-20(14-18)28-12-10-26(2)11-13-28/h4,7,14,16,19H,5-6,8-13,15H2,1-3H3,(H,24,30). The molecule has 33 heavy (non-hydrogen) atoms. The van der Waals surface area contributed by atoms with Gasteiger partial charge in [-0.2, -0.15) is 4.31 Å². The Bertz CT molecular complexity index is 1070. The van der Waals surface area contributed by atoms with Gasteiger partial charge in [-0.1, -0.05) is 0 Å². The van der Waals surface area contributed by atoms with Crippen LogP contribution in [0.2, 0.25) is 0 Å². The number of rotatable bonds is 6. The lowest BCUT2D eigenvalue weighted by atomic mass is 9.97. The monoisotopic (exact) mass is 475 g/mol. The molecule has 0 unspecified atom stereocenters. The number of nitrogens with one attached hydrogen (secondary N) is 1. The smallest absolute Gasteiger partial charge is 0.262 e. The van der Waals surface area contributed by atoms with Crippen molar-refractivity contribution in [2.75, 3.05) is 51.2 Å². The van der Waals surface area contributed by atoms with Crippen molar-refractivity contribution < 1.29 is 13.2 Å². The molecule has 0 saturated carbocycles. The lowest BCUT2D eigenvalue weighted by Gasteiger charge is -2.33. The van der Waals surface area contributed by atoms with Crippen molar-refractivity contribution >= 4 is 21.7 Å². The Morgan fingerprint density at radius 2 is 1.82 bits per heavy atom. The Labute approximate surface area is 195 Å². The van der Waals surface area contributed by atoms with E-state index >= 15 is 0 Å². The van der Waals surface area contributed by atoms with Gasteiger partial charge in [-0.25, -0.2) is 18.4 Å². The number of likely N-dealkylation sites (N-methyl/N-ethyl adjacent to an activating group) is 1. The second kappa shape index (κ2) is 9.78. The van der Waals surface area contributed by atoms with Crippen LogP contribution in [0, 0.1) is 12.8 Å². The van der Waals surface area contributed by atoms with Crippen LogP contribution in [0.25, 0.3) is 0 Å². The fourth-order valence-electron chi connectivity index (χ4n) is 4.25. The van der Waals surface area contributed by atoms with Gasteiger partial charge in [0.25, 0.3) is 10.0 Å². The maximum Gasteiger partial charge on any atom is 0.262 e. The van der Waals surface area contributed by atoms with Gasteiger partial charge in [-0.15, -0.1) is 0 Å². The summed E-state index contributed by atoms with van der Waals surface area (Å²) in [5, 5.41) is 3.09. The van der Waals surface area contributed by atoms with Gasteiger partial charge in [0.15, 0.2) is 5.03 Å². The van der Waals surface area contributed by atoms with Crippen LogP contribution in [-0.4, -0.2) is 84.4 Å². The van der Waals surface area contributed by atoms with Crippen LogP contribution in [0.1, 0.15) is 24.2 Å². The highest BCUT2D eigenvalue weighted by molar-refractivity contribution is 7.89. The number of carbonyl (C=O) groups is 1. The maximum atomic E-state index is 12.9. The van der Waals surface area contributed by atoms with E-state index in [0.717, 1.165) is 37.6 Å². The number of anilines is 1. The lowest BCUT2D eigenvalue weighted by molar-refractivity contribution is -0.126. The lowest BCUT2D eigenvalue weighted by Crippen LogP contribution is -2.44. The molecular weight excluding hydrogens is 442 g/mol. The van der Waals surface area contributed by atoms with Crippen LogP contribution < -0.4 is 10.2 Å². The zero-order valence-corrected chi connectivity index (χ0v) is 20.4. The number of piperazine rings is 1. The Kier molecular flexibility index (Phi) is 7.01. The van der Waals surface area contributed by atoms with Crippen molar-refractivity contribution in [3.8, 4) is 0 Å². The van der Waals surface area contributed by atoms with Crippen LogP contribution in [0.15, 0.2) is 29.6 Å². The van der Waals surface area contributed by atoms with Gasteiger partial charge in [0.1, 0.15) is 11.6 Å². The number of hydrogen-bond acceptors (Lipinski definition) is 7. The van der Waals surface area contributed by atoms with Crippen LogP contribution >= 0.6 is 0 Å². The van der Waals surface area contributed by atoms with E-state index in [9.17, 15) is 13.2 Å². The van der Waals surface area contributed by atoms with Crippen LogP contribution in [-0.2, 0) is 28.4 Å². The van der Waals surface area contributed by atoms with E-state index in [1.807, 2.05) is 12.1 Å². The summed E-state index contributed by atoms with van der Waals surface area (Å²) in [6.45, 7) is 6.75. The molecule has 180 valence electrons. The van der Waals surface area contributed by atoms with Gasteiger partial charge in [0.2, 0.25) is 5.91 Å². The summed E-state index contributed by atoms with van der Waals surface area (Å²) in [6.07, 6.45) is 4.33. The molecule has 11 heteroatoms. The molecule has 2 aliphatic rings.